The predicted molar refractivity (Wildman–Crippen MR) is 83.7 cm³/mol. The molecule has 3 rings (SSSR count). The number of amides is 1. The summed E-state index contributed by atoms with van der Waals surface area (Å²) in [6, 6.07) is 5.20. The molecule has 0 saturated heterocycles. The van der Waals surface area contributed by atoms with E-state index in [-0.39, 0.29) is 30.2 Å². The van der Waals surface area contributed by atoms with Crippen LogP contribution in [0.15, 0.2) is 18.2 Å². The van der Waals surface area contributed by atoms with E-state index in [4.69, 9.17) is 0 Å². The molecule has 1 aromatic carbocycles. The van der Waals surface area contributed by atoms with Gasteiger partial charge in [0.2, 0.25) is 5.91 Å². The molecule has 0 bridgehead atoms. The van der Waals surface area contributed by atoms with Gasteiger partial charge in [0, 0.05) is 18.2 Å². The van der Waals surface area contributed by atoms with Crippen LogP contribution in [-0.2, 0) is 21.2 Å². The van der Waals surface area contributed by atoms with Gasteiger partial charge in [0.1, 0.15) is 5.92 Å². The molecule has 1 heterocycles. The van der Waals surface area contributed by atoms with E-state index in [2.05, 4.69) is 0 Å². The number of nitriles is 1. The highest BCUT2D eigenvalue weighted by Crippen LogP contribution is 2.55. The summed E-state index contributed by atoms with van der Waals surface area (Å²) in [7, 11) is 1.43. The molecule has 0 N–H and O–H groups in total. The second-order valence-electron chi connectivity index (χ2n) is 7.49. The molecule has 1 spiro atoms. The molecule has 2 unspecified atom stereocenters. The van der Waals surface area contributed by atoms with Crippen molar-refractivity contribution in [3.63, 3.8) is 0 Å². The quantitative estimate of drug-likeness (QED) is 0.720. The van der Waals surface area contributed by atoms with E-state index < -0.39 is 28.5 Å². The van der Waals surface area contributed by atoms with Gasteiger partial charge in [-0.15, -0.1) is 0 Å². The van der Waals surface area contributed by atoms with E-state index in [1.54, 1.807) is 13.8 Å². The third-order valence-electron chi connectivity index (χ3n) is 5.35. The summed E-state index contributed by atoms with van der Waals surface area (Å²) in [6.45, 7) is 3.35. The van der Waals surface area contributed by atoms with Crippen LogP contribution in [0.25, 0.3) is 0 Å². The monoisotopic (exact) mass is 350 g/mol. The maximum atomic E-state index is 13.0. The van der Waals surface area contributed by atoms with Crippen LogP contribution >= 0.6 is 0 Å². The number of nitrogens with zero attached hydrogens (tertiary/aromatic N) is 2. The van der Waals surface area contributed by atoms with Crippen molar-refractivity contribution in [3.8, 4) is 6.07 Å². The van der Waals surface area contributed by atoms with Crippen LogP contribution in [0.5, 0.6) is 0 Å². The number of Topliss-reactive ketones (excluding diaryl/α,β-unsaturated/α-hetero) is 1. The Morgan fingerprint density at radius 3 is 2.48 bits per heavy atom. The Morgan fingerprint density at radius 2 is 1.92 bits per heavy atom. The molecule has 0 aromatic heterocycles. The summed E-state index contributed by atoms with van der Waals surface area (Å²) in [5.74, 6) is -1.53. The third kappa shape index (κ3) is 2.35. The molecule has 2 atom stereocenters. The van der Waals surface area contributed by atoms with Crippen LogP contribution in [0.4, 0.5) is 18.9 Å². The Labute approximate surface area is 143 Å². The second kappa shape index (κ2) is 5.07. The number of anilines is 1. The lowest BCUT2D eigenvalue weighted by Gasteiger charge is -2.42. The van der Waals surface area contributed by atoms with Gasteiger partial charge in [0.15, 0.2) is 5.78 Å². The van der Waals surface area contributed by atoms with Gasteiger partial charge >= 0.3 is 6.18 Å². The summed E-state index contributed by atoms with van der Waals surface area (Å²) >= 11 is 0. The number of benzene rings is 1. The van der Waals surface area contributed by atoms with Gasteiger partial charge < -0.3 is 4.90 Å². The van der Waals surface area contributed by atoms with Gasteiger partial charge in [-0.3, -0.25) is 9.59 Å². The first kappa shape index (κ1) is 17.5. The molecule has 132 valence electrons. The smallest absolute Gasteiger partial charge is 0.314 e. The Kier molecular flexibility index (Phi) is 3.54. The Hall–Kier alpha value is -2.36. The molecular formula is C18H17F3N2O2. The molecule has 1 aromatic rings. The van der Waals surface area contributed by atoms with Crippen molar-refractivity contribution in [1.82, 2.24) is 0 Å². The zero-order chi connectivity index (χ0) is 18.8. The van der Waals surface area contributed by atoms with Crippen LogP contribution in [-0.4, -0.2) is 18.7 Å². The first-order chi connectivity index (χ1) is 11.4. The second-order valence-corrected chi connectivity index (χ2v) is 7.49. The molecule has 25 heavy (non-hydrogen) atoms. The van der Waals surface area contributed by atoms with Gasteiger partial charge in [-0.2, -0.15) is 18.4 Å². The fourth-order valence-corrected chi connectivity index (χ4v) is 4.23. The Morgan fingerprint density at radius 1 is 1.28 bits per heavy atom. The first-order valence-electron chi connectivity index (χ1n) is 7.88. The number of carbonyl (C=O) groups is 2. The summed E-state index contributed by atoms with van der Waals surface area (Å²) in [6.07, 6.45) is -4.32. The predicted octanol–water partition coefficient (Wildman–Crippen LogP) is 3.45. The highest BCUT2D eigenvalue weighted by atomic mass is 19.4. The normalized spacial score (nSPS) is 28.2. The van der Waals surface area contributed by atoms with Gasteiger partial charge in [-0.1, -0.05) is 19.9 Å². The Balaban J connectivity index is 2.19. The average molecular weight is 350 g/mol. The van der Waals surface area contributed by atoms with Gasteiger partial charge in [-0.25, -0.2) is 0 Å². The van der Waals surface area contributed by atoms with Crippen molar-refractivity contribution >= 4 is 17.4 Å². The molecule has 1 amide bonds. The number of hydrogen-bond acceptors (Lipinski definition) is 3. The van der Waals surface area contributed by atoms with Crippen molar-refractivity contribution in [2.75, 3.05) is 11.9 Å². The topological polar surface area (TPSA) is 61.2 Å². The molecular weight excluding hydrogens is 333 g/mol. The van der Waals surface area contributed by atoms with E-state index >= 15 is 0 Å². The maximum Gasteiger partial charge on any atom is 0.416 e. The fourth-order valence-electron chi connectivity index (χ4n) is 4.23. The molecule has 4 nitrogen and oxygen atoms in total. The number of halogens is 3. The molecule has 7 heteroatoms. The van der Waals surface area contributed by atoms with Crippen molar-refractivity contribution in [1.29, 1.82) is 5.26 Å². The minimum absolute atomic E-state index is 0.00724. The van der Waals surface area contributed by atoms with Gasteiger partial charge in [-0.05, 0) is 30.5 Å². The number of likely N-dealkylation sites (N-methyl/N-ethyl adjacent to an activating group) is 1. The lowest BCUT2D eigenvalue weighted by atomic mass is 9.57. The highest BCUT2D eigenvalue weighted by molar-refractivity contribution is 6.09. The molecule has 1 aliphatic heterocycles. The van der Waals surface area contributed by atoms with E-state index in [1.165, 1.54) is 18.0 Å². The lowest BCUT2D eigenvalue weighted by molar-refractivity contribution is -0.139. The van der Waals surface area contributed by atoms with E-state index in [0.29, 0.717) is 5.56 Å². The minimum atomic E-state index is -4.51. The van der Waals surface area contributed by atoms with Crippen LogP contribution in [0, 0.1) is 22.7 Å². The summed E-state index contributed by atoms with van der Waals surface area (Å²) < 4.78 is 39.0. The largest absolute Gasteiger partial charge is 0.416 e. The standard InChI is InChI=1S/C18H17F3N2O2/c1-16(2)9-17(7-10(8-22)14(16)24)12-5-4-11(18(19,20)21)6-13(12)23(3)15(17)25/h4-6,10H,7,9H2,1-3H3. The van der Waals surface area contributed by atoms with Crippen LogP contribution in [0.3, 0.4) is 0 Å². The minimum Gasteiger partial charge on any atom is -0.314 e. The van der Waals surface area contributed by atoms with Gasteiger partial charge in [0.05, 0.1) is 17.0 Å². The van der Waals surface area contributed by atoms with E-state index in [1.807, 2.05) is 6.07 Å². The zero-order valence-corrected chi connectivity index (χ0v) is 14.1. The molecule has 1 aliphatic carbocycles. The van der Waals surface area contributed by atoms with Crippen LogP contribution in [0.1, 0.15) is 37.8 Å². The van der Waals surface area contributed by atoms with E-state index in [9.17, 15) is 28.0 Å². The fraction of sp³-hybridized carbons (Fsp3) is 0.500. The number of fused-ring (bicyclic) bond motifs is 2. The summed E-state index contributed by atoms with van der Waals surface area (Å²) in [5.41, 5.74) is -2.20. The SMILES string of the molecule is CN1C(=O)C2(CC(C#N)C(=O)C(C)(C)C2)c2ccc(C(F)(F)F)cc21. The number of carbonyl (C=O) groups excluding carboxylic acids is 2. The van der Waals surface area contributed by atoms with E-state index in [0.717, 1.165) is 12.1 Å². The first-order valence-corrected chi connectivity index (χ1v) is 7.88. The van der Waals surface area contributed by atoms with Crippen molar-refractivity contribution in [2.45, 2.75) is 38.3 Å². The third-order valence-corrected chi connectivity index (χ3v) is 5.35. The summed E-state index contributed by atoms with van der Waals surface area (Å²) in [5, 5.41) is 9.34. The molecule has 2 aliphatic rings. The zero-order valence-electron chi connectivity index (χ0n) is 14.1. The molecule has 0 radical (unpaired) electrons. The van der Waals surface area contributed by atoms with Crippen molar-refractivity contribution in [2.24, 2.45) is 11.3 Å². The van der Waals surface area contributed by atoms with Gasteiger partial charge in [0.25, 0.3) is 0 Å². The lowest BCUT2D eigenvalue weighted by Crippen LogP contribution is -2.51. The molecule has 1 fully saturated rings. The number of alkyl halides is 3. The van der Waals surface area contributed by atoms with Crippen LogP contribution in [0.2, 0.25) is 0 Å². The number of rotatable bonds is 0. The van der Waals surface area contributed by atoms with Crippen LogP contribution < -0.4 is 4.90 Å². The highest BCUT2D eigenvalue weighted by Gasteiger charge is 2.59. The maximum absolute atomic E-state index is 13.0. The Bertz CT molecular complexity index is 823. The van der Waals surface area contributed by atoms with Crippen molar-refractivity contribution in [3.05, 3.63) is 29.3 Å². The molecule has 1 saturated carbocycles. The number of ketones is 1. The number of hydrogen-bond donors (Lipinski definition) is 0. The van der Waals surface area contributed by atoms with Crippen molar-refractivity contribution < 1.29 is 22.8 Å². The summed E-state index contributed by atoms with van der Waals surface area (Å²) in [4.78, 5) is 26.6. The average Bonchev–Trinajstić information content (AvgIpc) is 2.72.